The van der Waals surface area contributed by atoms with E-state index in [1.54, 1.807) is 7.05 Å². The first-order valence-electron chi connectivity index (χ1n) is 5.70. The van der Waals surface area contributed by atoms with Gasteiger partial charge in [-0.1, -0.05) is 28.1 Å². The van der Waals surface area contributed by atoms with Gasteiger partial charge in [-0.15, -0.1) is 21.8 Å². The number of hydrogen-bond donors (Lipinski definition) is 0. The molecule has 6 heteroatoms. The second-order valence-electron chi connectivity index (χ2n) is 4.25. The van der Waals surface area contributed by atoms with Gasteiger partial charge in [-0.3, -0.25) is 0 Å². The molecule has 0 fully saturated rings. The third-order valence-corrected chi connectivity index (χ3v) is 3.64. The van der Waals surface area contributed by atoms with Crippen LogP contribution in [0.25, 0.3) is 0 Å². The van der Waals surface area contributed by atoms with Gasteiger partial charge >= 0.3 is 0 Å². The van der Waals surface area contributed by atoms with Gasteiger partial charge in [0.05, 0.1) is 7.05 Å². The zero-order valence-corrected chi connectivity index (χ0v) is 12.4. The second-order valence-corrected chi connectivity index (χ2v) is 5.47. The fourth-order valence-corrected chi connectivity index (χ4v) is 2.28. The molecule has 0 aliphatic carbocycles. The monoisotopic (exact) mass is 328 g/mol. The van der Waals surface area contributed by atoms with E-state index in [-0.39, 0.29) is 0 Å². The summed E-state index contributed by atoms with van der Waals surface area (Å²) >= 11 is 9.44. The fourth-order valence-electron chi connectivity index (χ4n) is 1.80. The average Bonchev–Trinajstić information content (AvgIpc) is 2.77. The molecule has 1 aromatic carbocycles. The summed E-state index contributed by atoms with van der Waals surface area (Å²) in [5.74, 6) is 1.67. The lowest BCUT2D eigenvalue weighted by Crippen LogP contribution is -2.11. The molecular weight excluding hydrogens is 316 g/mol. The van der Waals surface area contributed by atoms with Crippen LogP contribution in [0.4, 0.5) is 0 Å². The van der Waals surface area contributed by atoms with Crippen molar-refractivity contribution in [2.45, 2.75) is 12.8 Å². The minimum atomic E-state index is 0.331. The van der Waals surface area contributed by atoms with E-state index in [0.717, 1.165) is 23.1 Å². The number of nitrogens with zero attached hydrogens (tertiary/aromatic N) is 4. The third kappa shape index (κ3) is 3.78. The number of benzene rings is 1. The molecule has 0 aliphatic rings. The van der Waals surface area contributed by atoms with Gasteiger partial charge < -0.3 is 0 Å². The van der Waals surface area contributed by atoms with Gasteiger partial charge in [-0.05, 0) is 35.2 Å². The van der Waals surface area contributed by atoms with E-state index in [1.165, 1.54) is 10.4 Å². The van der Waals surface area contributed by atoms with E-state index >= 15 is 0 Å². The molecule has 0 bridgehead atoms. The van der Waals surface area contributed by atoms with Crippen LogP contribution in [0.2, 0.25) is 0 Å². The Bertz CT molecular complexity index is 497. The Hall–Kier alpha value is -0.940. The number of aromatic nitrogens is 4. The average molecular weight is 330 g/mol. The number of rotatable bonds is 5. The highest BCUT2D eigenvalue weighted by Crippen LogP contribution is 2.17. The van der Waals surface area contributed by atoms with Crippen molar-refractivity contribution >= 4 is 27.5 Å². The Labute approximate surface area is 119 Å². The van der Waals surface area contributed by atoms with Crippen LogP contribution in [0.5, 0.6) is 0 Å². The lowest BCUT2D eigenvalue weighted by atomic mass is 9.98. The molecule has 0 amide bonds. The van der Waals surface area contributed by atoms with Crippen LogP contribution in [-0.2, 0) is 19.9 Å². The topological polar surface area (TPSA) is 43.6 Å². The second kappa shape index (κ2) is 6.29. The number of aryl methyl sites for hydroxylation is 1. The van der Waals surface area contributed by atoms with Gasteiger partial charge in [-0.2, -0.15) is 4.80 Å². The number of tetrazole rings is 1. The first kappa shape index (κ1) is 13.5. The largest absolute Gasteiger partial charge is 0.175 e. The van der Waals surface area contributed by atoms with Gasteiger partial charge in [-0.25, -0.2) is 0 Å². The maximum atomic E-state index is 6.01. The van der Waals surface area contributed by atoms with Crippen molar-refractivity contribution in [2.75, 3.05) is 5.88 Å². The smallest absolute Gasteiger partial charge is 0.167 e. The lowest BCUT2D eigenvalue weighted by Gasteiger charge is -2.11. The van der Waals surface area contributed by atoms with Gasteiger partial charge in [0.15, 0.2) is 5.82 Å². The van der Waals surface area contributed by atoms with Crippen molar-refractivity contribution < 1.29 is 0 Å². The van der Waals surface area contributed by atoms with Crippen LogP contribution < -0.4 is 0 Å². The summed E-state index contributed by atoms with van der Waals surface area (Å²) in [6, 6.07) is 8.30. The molecule has 1 unspecified atom stereocenters. The highest BCUT2D eigenvalue weighted by atomic mass is 79.9. The number of halogens is 2. The van der Waals surface area contributed by atoms with Crippen molar-refractivity contribution in [2.24, 2.45) is 13.0 Å². The van der Waals surface area contributed by atoms with Gasteiger partial charge in [0, 0.05) is 16.8 Å². The molecule has 1 heterocycles. The SMILES string of the molecule is Cn1nnc(CC(CCl)Cc2ccc(Br)cc2)n1. The van der Waals surface area contributed by atoms with E-state index < -0.39 is 0 Å². The normalized spacial score (nSPS) is 12.6. The molecule has 2 rings (SSSR count). The minimum absolute atomic E-state index is 0.331. The lowest BCUT2D eigenvalue weighted by molar-refractivity contribution is 0.560. The summed E-state index contributed by atoms with van der Waals surface area (Å²) in [4.78, 5) is 1.47. The van der Waals surface area contributed by atoms with Crippen molar-refractivity contribution in [3.05, 3.63) is 40.1 Å². The predicted molar refractivity (Wildman–Crippen MR) is 74.6 cm³/mol. The molecule has 0 radical (unpaired) electrons. The first-order chi connectivity index (χ1) is 8.67. The summed E-state index contributed by atoms with van der Waals surface area (Å²) in [7, 11) is 1.76. The van der Waals surface area contributed by atoms with E-state index in [1.807, 2.05) is 12.1 Å². The van der Waals surface area contributed by atoms with Crippen LogP contribution in [0.1, 0.15) is 11.4 Å². The maximum Gasteiger partial charge on any atom is 0.175 e. The Morgan fingerprint density at radius 2 is 2.00 bits per heavy atom. The summed E-state index contributed by atoms with van der Waals surface area (Å²) in [6.45, 7) is 0. The molecule has 2 aromatic rings. The molecule has 0 spiro atoms. The number of hydrogen-bond acceptors (Lipinski definition) is 3. The molecule has 4 nitrogen and oxygen atoms in total. The zero-order chi connectivity index (χ0) is 13.0. The van der Waals surface area contributed by atoms with E-state index in [0.29, 0.717) is 11.8 Å². The number of alkyl halides is 1. The standard InChI is InChI=1S/C12H14BrClN4/c1-18-16-12(15-17-18)7-10(8-14)6-9-2-4-11(13)5-3-9/h2-5,10H,6-8H2,1H3. The van der Waals surface area contributed by atoms with Crippen LogP contribution in [0.15, 0.2) is 28.7 Å². The Balaban J connectivity index is 1.99. The summed E-state index contributed by atoms with van der Waals surface area (Å²) in [5.41, 5.74) is 1.27. The molecule has 0 saturated carbocycles. The van der Waals surface area contributed by atoms with Gasteiger partial charge in [0.25, 0.3) is 0 Å². The molecule has 18 heavy (non-hydrogen) atoms. The highest BCUT2D eigenvalue weighted by molar-refractivity contribution is 9.10. The highest BCUT2D eigenvalue weighted by Gasteiger charge is 2.13. The third-order valence-electron chi connectivity index (χ3n) is 2.68. The van der Waals surface area contributed by atoms with E-state index in [9.17, 15) is 0 Å². The van der Waals surface area contributed by atoms with Crippen LogP contribution in [0, 0.1) is 5.92 Å². The molecule has 0 saturated heterocycles. The van der Waals surface area contributed by atoms with E-state index in [4.69, 9.17) is 11.6 Å². The molecule has 1 aromatic heterocycles. The minimum Gasteiger partial charge on any atom is -0.167 e. The maximum absolute atomic E-state index is 6.01. The van der Waals surface area contributed by atoms with Crippen molar-refractivity contribution in [1.82, 2.24) is 20.2 Å². The summed E-state index contributed by atoms with van der Waals surface area (Å²) in [6.07, 6.45) is 1.68. The summed E-state index contributed by atoms with van der Waals surface area (Å²) < 4.78 is 1.09. The van der Waals surface area contributed by atoms with Gasteiger partial charge in [0.2, 0.25) is 0 Å². The van der Waals surface area contributed by atoms with Crippen molar-refractivity contribution in [1.29, 1.82) is 0 Å². The van der Waals surface area contributed by atoms with Crippen molar-refractivity contribution in [3.63, 3.8) is 0 Å². The van der Waals surface area contributed by atoms with E-state index in [2.05, 4.69) is 43.5 Å². The van der Waals surface area contributed by atoms with Crippen LogP contribution in [-0.4, -0.2) is 26.1 Å². The molecule has 0 N–H and O–H groups in total. The predicted octanol–water partition coefficient (Wildman–Crippen LogP) is 2.61. The van der Waals surface area contributed by atoms with Crippen LogP contribution in [0.3, 0.4) is 0 Å². The Kier molecular flexibility index (Phi) is 4.72. The van der Waals surface area contributed by atoms with Crippen molar-refractivity contribution in [3.8, 4) is 0 Å². The molecule has 96 valence electrons. The summed E-state index contributed by atoms with van der Waals surface area (Å²) in [5, 5.41) is 12.0. The molecule has 1 atom stereocenters. The Morgan fingerprint density at radius 1 is 1.28 bits per heavy atom. The quantitative estimate of drug-likeness (QED) is 0.792. The zero-order valence-electron chi connectivity index (χ0n) is 10.1. The fraction of sp³-hybridized carbons (Fsp3) is 0.417. The van der Waals surface area contributed by atoms with Crippen LogP contribution >= 0.6 is 27.5 Å². The Morgan fingerprint density at radius 3 is 2.56 bits per heavy atom. The molecular formula is C12H14BrClN4. The van der Waals surface area contributed by atoms with Gasteiger partial charge in [0.1, 0.15) is 0 Å². The molecule has 0 aliphatic heterocycles. The first-order valence-corrected chi connectivity index (χ1v) is 7.03.